The molecule has 19 heavy (non-hydrogen) atoms. The lowest BCUT2D eigenvalue weighted by Crippen LogP contribution is -2.31. The second kappa shape index (κ2) is 6.40. The fourth-order valence-corrected chi connectivity index (χ4v) is 2.92. The molecule has 0 bridgehead atoms. The fourth-order valence-electron chi connectivity index (χ4n) is 2.07. The molecule has 0 aliphatic heterocycles. The number of hydrogen-bond donors (Lipinski definition) is 0. The molecule has 0 aromatic carbocycles. The summed E-state index contributed by atoms with van der Waals surface area (Å²) in [6.45, 7) is 7.40. The van der Waals surface area contributed by atoms with Crippen LogP contribution in [0.1, 0.15) is 29.9 Å². The van der Waals surface area contributed by atoms with Gasteiger partial charge in [0.25, 0.3) is 0 Å². The van der Waals surface area contributed by atoms with Crippen LogP contribution in [-0.4, -0.2) is 11.0 Å². The van der Waals surface area contributed by atoms with E-state index < -0.39 is 0 Å². The zero-order chi connectivity index (χ0) is 13.8. The molecule has 2 aromatic heterocycles. The summed E-state index contributed by atoms with van der Waals surface area (Å²) in [4.78, 5) is 8.29. The highest BCUT2D eigenvalue weighted by atomic mass is 35.5. The predicted octanol–water partition coefficient (Wildman–Crippen LogP) is 4.61. The van der Waals surface area contributed by atoms with E-state index in [-0.39, 0.29) is 0 Å². The number of aromatic nitrogens is 1. The molecule has 0 N–H and O–H groups in total. The van der Waals surface area contributed by atoms with Gasteiger partial charge in [0.15, 0.2) is 0 Å². The number of thiophene rings is 1. The van der Waals surface area contributed by atoms with Gasteiger partial charge in [-0.05, 0) is 49.4 Å². The van der Waals surface area contributed by atoms with E-state index in [4.69, 9.17) is 11.6 Å². The Morgan fingerprint density at radius 2 is 2.21 bits per heavy atom. The maximum atomic E-state index is 5.86. The molecule has 2 aromatic rings. The number of alkyl halides is 1. The Morgan fingerprint density at radius 3 is 2.74 bits per heavy atom. The Labute approximate surface area is 124 Å². The first-order valence-electron chi connectivity index (χ1n) is 6.42. The Balaban J connectivity index is 2.28. The van der Waals surface area contributed by atoms with Gasteiger partial charge in [0.05, 0.1) is 6.54 Å². The lowest BCUT2D eigenvalue weighted by Gasteiger charge is -2.29. The Morgan fingerprint density at radius 1 is 1.42 bits per heavy atom. The second-order valence-electron chi connectivity index (χ2n) is 4.92. The first-order valence-corrected chi connectivity index (χ1v) is 7.83. The molecule has 0 radical (unpaired) electrons. The van der Waals surface area contributed by atoms with Gasteiger partial charge in [-0.25, -0.2) is 4.98 Å². The smallest absolute Gasteiger partial charge is 0.131 e. The van der Waals surface area contributed by atoms with Crippen molar-refractivity contribution >= 4 is 28.8 Å². The minimum absolute atomic E-state index is 0.412. The normalized spacial score (nSPS) is 11.0. The third-order valence-electron chi connectivity index (χ3n) is 3.06. The number of pyridine rings is 1. The molecule has 2 rings (SSSR count). The van der Waals surface area contributed by atoms with Gasteiger partial charge in [0.1, 0.15) is 5.82 Å². The predicted molar refractivity (Wildman–Crippen MR) is 84.2 cm³/mol. The van der Waals surface area contributed by atoms with Crippen LogP contribution >= 0.6 is 22.9 Å². The number of halogens is 1. The average molecular weight is 295 g/mol. The van der Waals surface area contributed by atoms with Crippen molar-refractivity contribution in [2.45, 2.75) is 39.2 Å². The molecular formula is C15H19ClN2S. The second-order valence-corrected chi connectivity index (χ2v) is 6.22. The van der Waals surface area contributed by atoms with E-state index in [9.17, 15) is 0 Å². The summed E-state index contributed by atoms with van der Waals surface area (Å²) in [6.07, 6.45) is 1.87. The lowest BCUT2D eigenvalue weighted by atomic mass is 10.2. The van der Waals surface area contributed by atoms with Crippen molar-refractivity contribution in [2.75, 3.05) is 4.90 Å². The molecule has 0 aliphatic carbocycles. The molecule has 0 aliphatic rings. The van der Waals surface area contributed by atoms with E-state index >= 15 is 0 Å². The van der Waals surface area contributed by atoms with Crippen LogP contribution in [0.3, 0.4) is 0 Å². The number of aryl methyl sites for hydroxylation is 1. The van der Waals surface area contributed by atoms with Gasteiger partial charge < -0.3 is 4.90 Å². The van der Waals surface area contributed by atoms with Crippen molar-refractivity contribution in [3.05, 3.63) is 45.8 Å². The number of hydrogen-bond acceptors (Lipinski definition) is 3. The number of rotatable bonds is 5. The molecule has 0 fully saturated rings. The molecule has 0 saturated carbocycles. The highest BCUT2D eigenvalue weighted by molar-refractivity contribution is 7.09. The van der Waals surface area contributed by atoms with Gasteiger partial charge in [-0.3, -0.25) is 0 Å². The third-order valence-corrected chi connectivity index (χ3v) is 4.23. The first-order chi connectivity index (χ1) is 9.11. The molecule has 0 saturated heterocycles. The van der Waals surface area contributed by atoms with Crippen molar-refractivity contribution in [1.82, 2.24) is 4.98 Å². The Hall–Kier alpha value is -1.06. The van der Waals surface area contributed by atoms with E-state index in [1.165, 1.54) is 10.4 Å². The van der Waals surface area contributed by atoms with Crippen molar-refractivity contribution in [2.24, 2.45) is 0 Å². The minimum Gasteiger partial charge on any atom is -0.349 e. The van der Waals surface area contributed by atoms with Crippen LogP contribution in [-0.2, 0) is 12.4 Å². The summed E-state index contributed by atoms with van der Waals surface area (Å²) in [7, 11) is 0. The Kier molecular flexibility index (Phi) is 4.83. The van der Waals surface area contributed by atoms with Gasteiger partial charge in [0.2, 0.25) is 0 Å². The third kappa shape index (κ3) is 3.48. The van der Waals surface area contributed by atoms with E-state index in [0.29, 0.717) is 11.9 Å². The van der Waals surface area contributed by atoms with Crippen LogP contribution in [0.5, 0.6) is 0 Å². The highest BCUT2D eigenvalue weighted by Gasteiger charge is 2.15. The van der Waals surface area contributed by atoms with E-state index in [1.807, 2.05) is 6.20 Å². The SMILES string of the molecule is Cc1cc(CCl)cnc1N(Cc1cccs1)C(C)C. The quantitative estimate of drug-likeness (QED) is 0.749. The van der Waals surface area contributed by atoms with Crippen molar-refractivity contribution in [1.29, 1.82) is 0 Å². The zero-order valence-electron chi connectivity index (χ0n) is 11.6. The zero-order valence-corrected chi connectivity index (χ0v) is 13.1. The van der Waals surface area contributed by atoms with Gasteiger partial charge in [-0.1, -0.05) is 6.07 Å². The minimum atomic E-state index is 0.412. The van der Waals surface area contributed by atoms with Crippen LogP contribution in [0, 0.1) is 6.92 Å². The van der Waals surface area contributed by atoms with Crippen LogP contribution in [0.15, 0.2) is 29.8 Å². The summed E-state index contributed by atoms with van der Waals surface area (Å²) >= 11 is 7.64. The largest absolute Gasteiger partial charge is 0.349 e. The van der Waals surface area contributed by atoms with Crippen LogP contribution < -0.4 is 4.90 Å². The topological polar surface area (TPSA) is 16.1 Å². The first kappa shape index (κ1) is 14.4. The molecule has 0 spiro atoms. The van der Waals surface area contributed by atoms with Crippen molar-refractivity contribution < 1.29 is 0 Å². The molecule has 4 heteroatoms. The van der Waals surface area contributed by atoms with E-state index in [2.05, 4.69) is 54.2 Å². The van der Waals surface area contributed by atoms with Gasteiger partial charge in [-0.2, -0.15) is 0 Å². The van der Waals surface area contributed by atoms with Crippen molar-refractivity contribution in [3.8, 4) is 0 Å². The Bertz CT molecular complexity index is 523. The number of nitrogens with zero attached hydrogens (tertiary/aromatic N) is 2. The lowest BCUT2D eigenvalue weighted by molar-refractivity contribution is 0.674. The molecule has 0 unspecified atom stereocenters. The van der Waals surface area contributed by atoms with Gasteiger partial charge >= 0.3 is 0 Å². The summed E-state index contributed by atoms with van der Waals surface area (Å²) in [5, 5.41) is 2.12. The number of anilines is 1. The molecule has 0 atom stereocenters. The summed E-state index contributed by atoms with van der Waals surface area (Å²) in [6, 6.07) is 6.80. The molecule has 2 nitrogen and oxygen atoms in total. The molecule has 0 amide bonds. The molecule has 2 heterocycles. The molecular weight excluding hydrogens is 276 g/mol. The van der Waals surface area contributed by atoms with Crippen molar-refractivity contribution in [3.63, 3.8) is 0 Å². The summed E-state index contributed by atoms with van der Waals surface area (Å²) in [5.74, 6) is 1.57. The standard InChI is InChI=1S/C15H19ClN2S/c1-11(2)18(10-14-5-4-6-19-14)15-12(3)7-13(8-16)9-17-15/h4-7,9,11H,8,10H2,1-3H3. The summed E-state index contributed by atoms with van der Waals surface area (Å²) < 4.78 is 0. The maximum Gasteiger partial charge on any atom is 0.131 e. The van der Waals surface area contributed by atoms with Gasteiger partial charge in [-0.15, -0.1) is 22.9 Å². The van der Waals surface area contributed by atoms with Crippen LogP contribution in [0.25, 0.3) is 0 Å². The highest BCUT2D eigenvalue weighted by Crippen LogP contribution is 2.24. The van der Waals surface area contributed by atoms with E-state index in [0.717, 1.165) is 17.9 Å². The summed E-state index contributed by atoms with van der Waals surface area (Å²) in [5.41, 5.74) is 2.26. The van der Waals surface area contributed by atoms with Gasteiger partial charge in [0, 0.05) is 23.0 Å². The fraction of sp³-hybridized carbons (Fsp3) is 0.400. The monoisotopic (exact) mass is 294 g/mol. The average Bonchev–Trinajstić information content (AvgIpc) is 2.89. The van der Waals surface area contributed by atoms with E-state index in [1.54, 1.807) is 11.3 Å². The maximum absolute atomic E-state index is 5.86. The molecule has 102 valence electrons. The van der Waals surface area contributed by atoms with Crippen LogP contribution in [0.2, 0.25) is 0 Å². The van der Waals surface area contributed by atoms with Crippen LogP contribution in [0.4, 0.5) is 5.82 Å².